The van der Waals surface area contributed by atoms with Crippen LogP contribution in [-0.2, 0) is 4.79 Å². The highest BCUT2D eigenvalue weighted by atomic mass is 32.1. The van der Waals surface area contributed by atoms with Gasteiger partial charge in [-0.05, 0) is 63.8 Å². The van der Waals surface area contributed by atoms with E-state index in [4.69, 9.17) is 0 Å². The van der Waals surface area contributed by atoms with Crippen molar-refractivity contribution in [2.24, 2.45) is 0 Å². The number of aryl methyl sites for hydroxylation is 1. The van der Waals surface area contributed by atoms with Crippen molar-refractivity contribution in [2.75, 3.05) is 13.1 Å². The van der Waals surface area contributed by atoms with Crippen LogP contribution < -0.4 is 5.32 Å². The maximum Gasteiger partial charge on any atom is 0.252 e. The first-order valence-corrected chi connectivity index (χ1v) is 10.3. The highest BCUT2D eigenvalue weighted by Crippen LogP contribution is 2.28. The van der Waals surface area contributed by atoms with E-state index in [1.807, 2.05) is 25.3 Å². The van der Waals surface area contributed by atoms with Gasteiger partial charge in [0.25, 0.3) is 5.91 Å². The Labute approximate surface area is 159 Å². The normalized spacial score (nSPS) is 23.7. The van der Waals surface area contributed by atoms with Crippen LogP contribution >= 0.6 is 11.3 Å². The van der Waals surface area contributed by atoms with Gasteiger partial charge in [0, 0.05) is 29.6 Å². The Morgan fingerprint density at radius 1 is 1.31 bits per heavy atom. The van der Waals surface area contributed by atoms with Crippen LogP contribution in [0.2, 0.25) is 0 Å². The SMILES string of the molecule is CC(C(=O)N1CC[C@H](NC(=O)c2ccsc2C)C[C@H](O)C1)=C1CCCC1. The molecule has 2 fully saturated rings. The zero-order valence-corrected chi connectivity index (χ0v) is 16.4. The van der Waals surface area contributed by atoms with Crippen molar-refractivity contribution in [3.63, 3.8) is 0 Å². The van der Waals surface area contributed by atoms with Gasteiger partial charge in [-0.3, -0.25) is 9.59 Å². The van der Waals surface area contributed by atoms with E-state index in [0.29, 0.717) is 31.5 Å². The molecule has 142 valence electrons. The summed E-state index contributed by atoms with van der Waals surface area (Å²) in [5.41, 5.74) is 2.82. The number of likely N-dealkylation sites (tertiary alicyclic amines) is 1. The van der Waals surface area contributed by atoms with Crippen LogP contribution in [0.15, 0.2) is 22.6 Å². The summed E-state index contributed by atoms with van der Waals surface area (Å²) >= 11 is 1.55. The maximum atomic E-state index is 12.8. The predicted molar refractivity (Wildman–Crippen MR) is 103 cm³/mol. The van der Waals surface area contributed by atoms with E-state index in [2.05, 4.69) is 5.32 Å². The van der Waals surface area contributed by atoms with Gasteiger partial charge in [-0.1, -0.05) is 5.57 Å². The second-order valence-corrected chi connectivity index (χ2v) is 8.55. The van der Waals surface area contributed by atoms with Crippen molar-refractivity contribution in [3.05, 3.63) is 33.0 Å². The molecule has 1 aliphatic carbocycles. The third-order valence-electron chi connectivity index (χ3n) is 5.52. The molecule has 2 amide bonds. The minimum atomic E-state index is -0.614. The van der Waals surface area contributed by atoms with Crippen molar-refractivity contribution in [1.29, 1.82) is 0 Å². The molecular formula is C20H28N2O3S. The number of nitrogens with one attached hydrogen (secondary N) is 1. The van der Waals surface area contributed by atoms with Crippen molar-refractivity contribution in [2.45, 2.75) is 64.5 Å². The summed E-state index contributed by atoms with van der Waals surface area (Å²) in [6.45, 7) is 4.75. The molecule has 26 heavy (non-hydrogen) atoms. The third-order valence-corrected chi connectivity index (χ3v) is 6.36. The number of amides is 2. The van der Waals surface area contributed by atoms with Crippen LogP contribution in [0.25, 0.3) is 0 Å². The molecule has 6 heteroatoms. The molecule has 5 nitrogen and oxygen atoms in total. The number of carbonyl (C=O) groups is 2. The van der Waals surface area contributed by atoms with E-state index in [1.54, 1.807) is 16.2 Å². The zero-order valence-electron chi connectivity index (χ0n) is 15.6. The fourth-order valence-corrected chi connectivity index (χ4v) is 4.64. The Bertz CT molecular complexity index is 702. The van der Waals surface area contributed by atoms with E-state index in [0.717, 1.165) is 23.3 Å². The molecule has 1 saturated heterocycles. The molecule has 2 N–H and O–H groups in total. The van der Waals surface area contributed by atoms with Crippen LogP contribution in [0.5, 0.6) is 0 Å². The van der Waals surface area contributed by atoms with Crippen LogP contribution in [0.4, 0.5) is 0 Å². The fraction of sp³-hybridized carbons (Fsp3) is 0.600. The van der Waals surface area contributed by atoms with Gasteiger partial charge in [0.15, 0.2) is 0 Å². The van der Waals surface area contributed by atoms with Crippen LogP contribution in [0.1, 0.15) is 60.7 Å². The lowest BCUT2D eigenvalue weighted by Crippen LogP contribution is -2.37. The molecule has 2 aliphatic rings. The summed E-state index contributed by atoms with van der Waals surface area (Å²) in [4.78, 5) is 28.0. The zero-order chi connectivity index (χ0) is 18.7. The molecule has 2 heterocycles. The molecule has 0 spiro atoms. The monoisotopic (exact) mass is 376 g/mol. The number of thiophene rings is 1. The summed E-state index contributed by atoms with van der Waals surface area (Å²) < 4.78 is 0. The Morgan fingerprint density at radius 3 is 2.69 bits per heavy atom. The van der Waals surface area contributed by atoms with Gasteiger partial charge >= 0.3 is 0 Å². The van der Waals surface area contributed by atoms with E-state index in [1.165, 1.54) is 18.4 Å². The van der Waals surface area contributed by atoms with Crippen LogP contribution in [0, 0.1) is 6.92 Å². The second kappa shape index (κ2) is 8.35. The Balaban J connectivity index is 1.63. The average molecular weight is 377 g/mol. The van der Waals surface area contributed by atoms with Gasteiger partial charge in [0.2, 0.25) is 5.91 Å². The molecule has 0 radical (unpaired) electrons. The van der Waals surface area contributed by atoms with E-state index >= 15 is 0 Å². The molecule has 1 aliphatic heterocycles. The molecule has 0 bridgehead atoms. The van der Waals surface area contributed by atoms with E-state index in [9.17, 15) is 14.7 Å². The van der Waals surface area contributed by atoms with Crippen molar-refractivity contribution < 1.29 is 14.7 Å². The fourth-order valence-electron chi connectivity index (χ4n) is 3.94. The third kappa shape index (κ3) is 4.35. The first-order chi connectivity index (χ1) is 12.5. The molecular weight excluding hydrogens is 348 g/mol. The second-order valence-electron chi connectivity index (χ2n) is 7.43. The number of β-amino-alcohol motifs (C(OH)–C–C–N with tert-alkyl or cyclic N) is 1. The number of allylic oxidation sites excluding steroid dienone is 1. The quantitative estimate of drug-likeness (QED) is 0.797. The number of rotatable bonds is 3. The van der Waals surface area contributed by atoms with Crippen molar-refractivity contribution in [3.8, 4) is 0 Å². The summed E-state index contributed by atoms with van der Waals surface area (Å²) in [6, 6.07) is 1.71. The van der Waals surface area contributed by atoms with Crippen LogP contribution in [-0.4, -0.2) is 47.1 Å². The van der Waals surface area contributed by atoms with Crippen LogP contribution in [0.3, 0.4) is 0 Å². The number of hydrogen-bond acceptors (Lipinski definition) is 4. The van der Waals surface area contributed by atoms with Gasteiger partial charge < -0.3 is 15.3 Å². The molecule has 3 rings (SSSR count). The first-order valence-electron chi connectivity index (χ1n) is 9.46. The van der Waals surface area contributed by atoms with Crippen molar-refractivity contribution >= 4 is 23.2 Å². The number of carbonyl (C=O) groups excluding carboxylic acids is 2. The molecule has 0 aromatic carbocycles. The average Bonchev–Trinajstić information content (AvgIpc) is 3.25. The van der Waals surface area contributed by atoms with E-state index < -0.39 is 6.10 Å². The summed E-state index contributed by atoms with van der Waals surface area (Å²) in [7, 11) is 0. The Morgan fingerprint density at radius 2 is 2.04 bits per heavy atom. The Hall–Kier alpha value is -1.66. The maximum absolute atomic E-state index is 12.8. The number of aliphatic hydroxyl groups excluding tert-OH is 1. The minimum absolute atomic E-state index is 0.0432. The first kappa shape index (κ1) is 19.1. The van der Waals surface area contributed by atoms with Gasteiger partial charge in [0.1, 0.15) is 0 Å². The molecule has 1 saturated carbocycles. The lowest BCUT2D eigenvalue weighted by atomic mass is 10.1. The van der Waals surface area contributed by atoms with Gasteiger partial charge in [-0.25, -0.2) is 0 Å². The highest BCUT2D eigenvalue weighted by Gasteiger charge is 2.28. The van der Waals surface area contributed by atoms with Gasteiger partial charge in [-0.15, -0.1) is 11.3 Å². The largest absolute Gasteiger partial charge is 0.391 e. The lowest BCUT2D eigenvalue weighted by molar-refractivity contribution is -0.128. The smallest absolute Gasteiger partial charge is 0.252 e. The van der Waals surface area contributed by atoms with Crippen molar-refractivity contribution in [1.82, 2.24) is 10.2 Å². The summed E-state index contributed by atoms with van der Waals surface area (Å²) in [6.07, 6.45) is 4.90. The van der Waals surface area contributed by atoms with Gasteiger partial charge in [0.05, 0.1) is 11.7 Å². The molecule has 0 unspecified atom stereocenters. The topological polar surface area (TPSA) is 69.6 Å². The predicted octanol–water partition coefficient (Wildman–Crippen LogP) is 3.03. The molecule has 2 atom stereocenters. The Kier molecular flexibility index (Phi) is 6.14. The highest BCUT2D eigenvalue weighted by molar-refractivity contribution is 7.10. The minimum Gasteiger partial charge on any atom is -0.391 e. The molecule has 1 aromatic rings. The molecule has 1 aromatic heterocycles. The number of aliphatic hydroxyl groups is 1. The number of hydrogen-bond donors (Lipinski definition) is 2. The lowest BCUT2D eigenvalue weighted by Gasteiger charge is -2.23. The standard InChI is InChI=1S/C20H28N2O3S/c1-13(15-5-3-4-6-15)20(25)22-9-7-16(11-17(23)12-22)21-19(24)18-8-10-26-14(18)2/h8,10,16-17,23H,3-7,9,11-12H2,1-2H3,(H,21,24)/t16-,17-/m0/s1. The number of nitrogens with zero attached hydrogens (tertiary/aromatic N) is 1. The summed E-state index contributed by atoms with van der Waals surface area (Å²) in [5.74, 6) is -0.0495. The van der Waals surface area contributed by atoms with Gasteiger partial charge in [-0.2, -0.15) is 0 Å². The van der Waals surface area contributed by atoms with E-state index in [-0.39, 0.29) is 17.9 Å². The summed E-state index contributed by atoms with van der Waals surface area (Å²) in [5, 5.41) is 15.3.